The van der Waals surface area contributed by atoms with Crippen molar-refractivity contribution in [1.29, 1.82) is 0 Å². The van der Waals surface area contributed by atoms with Gasteiger partial charge in [-0.15, -0.1) is 0 Å². The highest BCUT2D eigenvalue weighted by Gasteiger charge is 2.48. The molecule has 1 aromatic heterocycles. The molecule has 4 aromatic rings. The molecule has 1 saturated heterocycles. The monoisotopic (exact) mass is 596 g/mol. The normalized spacial score (nSPS) is 16.6. The van der Waals surface area contributed by atoms with Crippen molar-refractivity contribution in [3.05, 3.63) is 87.4 Å². The molecular formula is C30H26Cl2N2O5S. The minimum atomic E-state index is -0.994. The smallest absolute Gasteiger partial charge is 0.301 e. The first kappa shape index (κ1) is 28.0. The molecule has 7 nitrogen and oxygen atoms in total. The fourth-order valence-electron chi connectivity index (χ4n) is 4.50. The number of carbonyl (C=O) groups is 2. The lowest BCUT2D eigenvalue weighted by molar-refractivity contribution is -0.132. The van der Waals surface area contributed by atoms with E-state index in [4.69, 9.17) is 32.7 Å². The summed E-state index contributed by atoms with van der Waals surface area (Å²) in [5, 5.41) is 12.4. The molecule has 0 spiro atoms. The molecule has 1 N–H and O–H groups in total. The Morgan fingerprint density at radius 1 is 1.00 bits per heavy atom. The third kappa shape index (κ3) is 5.39. The predicted molar refractivity (Wildman–Crippen MR) is 159 cm³/mol. The van der Waals surface area contributed by atoms with E-state index in [9.17, 15) is 14.7 Å². The number of nitrogens with zero attached hydrogens (tertiary/aromatic N) is 2. The van der Waals surface area contributed by atoms with Crippen LogP contribution in [0.25, 0.3) is 16.0 Å². The zero-order valence-corrected chi connectivity index (χ0v) is 24.1. The number of aromatic nitrogens is 1. The molecule has 1 unspecified atom stereocenters. The maximum atomic E-state index is 13.6. The molecule has 206 valence electrons. The Balaban J connectivity index is 1.65. The number of unbranched alkanes of at least 4 members (excludes halogenated alkanes) is 1. The number of halogens is 2. The van der Waals surface area contributed by atoms with Crippen molar-refractivity contribution in [3.63, 3.8) is 0 Å². The Hall–Kier alpha value is -3.59. The maximum Gasteiger partial charge on any atom is 0.301 e. The van der Waals surface area contributed by atoms with Gasteiger partial charge in [0.15, 0.2) is 5.13 Å². The van der Waals surface area contributed by atoms with Crippen LogP contribution < -0.4 is 14.4 Å². The number of carbonyl (C=O) groups excluding carboxylic acids is 2. The number of anilines is 1. The molecule has 1 atom stereocenters. The molecule has 5 rings (SSSR count). The van der Waals surface area contributed by atoms with Crippen LogP contribution in [0.5, 0.6) is 11.5 Å². The number of rotatable bonds is 9. The highest BCUT2D eigenvalue weighted by Crippen LogP contribution is 2.45. The molecule has 1 amide bonds. The number of aliphatic hydroxyl groups is 1. The van der Waals surface area contributed by atoms with Crippen LogP contribution in [0.2, 0.25) is 10.0 Å². The van der Waals surface area contributed by atoms with E-state index in [0.717, 1.165) is 17.5 Å². The largest absolute Gasteiger partial charge is 0.507 e. The number of hydrogen-bond donors (Lipinski definition) is 1. The molecule has 10 heteroatoms. The van der Waals surface area contributed by atoms with Gasteiger partial charge in [0, 0.05) is 5.56 Å². The van der Waals surface area contributed by atoms with Gasteiger partial charge in [-0.2, -0.15) is 0 Å². The van der Waals surface area contributed by atoms with Gasteiger partial charge in [0.1, 0.15) is 17.3 Å². The van der Waals surface area contributed by atoms with Crippen molar-refractivity contribution in [3.8, 4) is 11.5 Å². The molecule has 0 saturated carbocycles. The fraction of sp³-hybridized carbons (Fsp3) is 0.233. The van der Waals surface area contributed by atoms with Gasteiger partial charge in [0.25, 0.3) is 5.78 Å². The van der Waals surface area contributed by atoms with Crippen molar-refractivity contribution in [2.75, 3.05) is 18.1 Å². The van der Waals surface area contributed by atoms with Gasteiger partial charge in [-0.05, 0) is 61.4 Å². The molecule has 2 heterocycles. The first-order valence-electron chi connectivity index (χ1n) is 12.8. The van der Waals surface area contributed by atoms with E-state index in [2.05, 4.69) is 11.9 Å². The summed E-state index contributed by atoms with van der Waals surface area (Å²) in [5.74, 6) is -0.738. The molecule has 0 bridgehead atoms. The predicted octanol–water partition coefficient (Wildman–Crippen LogP) is 7.81. The van der Waals surface area contributed by atoms with Crippen molar-refractivity contribution < 1.29 is 24.2 Å². The number of thiazole rings is 1. The third-order valence-electron chi connectivity index (χ3n) is 6.44. The molecule has 1 aliphatic rings. The summed E-state index contributed by atoms with van der Waals surface area (Å²) in [6, 6.07) is 16.1. The Kier molecular flexibility index (Phi) is 8.30. The molecule has 0 aliphatic carbocycles. The second-order valence-corrected chi connectivity index (χ2v) is 11.0. The zero-order chi connectivity index (χ0) is 28.4. The standard InChI is InChI=1S/C30H26Cl2N2O5S/c1-3-5-13-39-19-8-6-7-18(14-19)27(35)25-26(17-9-11-21(31)22(32)15-17)34(29(37)28(25)36)30-33-23-12-10-20(38-4-2)16-24(23)40-30/h6-12,14-16,26,35H,3-5,13H2,1-2H3/b27-25+. The van der Waals surface area contributed by atoms with Crippen molar-refractivity contribution in [1.82, 2.24) is 4.98 Å². The summed E-state index contributed by atoms with van der Waals surface area (Å²) >= 11 is 13.8. The third-order valence-corrected chi connectivity index (χ3v) is 8.20. The number of hydrogen-bond acceptors (Lipinski definition) is 7. The lowest BCUT2D eigenvalue weighted by Gasteiger charge is -2.23. The summed E-state index contributed by atoms with van der Waals surface area (Å²) in [7, 11) is 0. The number of Topliss-reactive ketones (excluding diaryl/α,β-unsaturated/α-hetero) is 1. The van der Waals surface area contributed by atoms with Crippen LogP contribution in [0.3, 0.4) is 0 Å². The summed E-state index contributed by atoms with van der Waals surface area (Å²) < 4.78 is 12.2. The van der Waals surface area contributed by atoms with Crippen LogP contribution >= 0.6 is 34.5 Å². The van der Waals surface area contributed by atoms with E-state index in [1.165, 1.54) is 16.2 Å². The maximum absolute atomic E-state index is 13.6. The molecule has 1 aliphatic heterocycles. The van der Waals surface area contributed by atoms with Crippen LogP contribution in [0, 0.1) is 0 Å². The quantitative estimate of drug-likeness (QED) is 0.0917. The zero-order valence-electron chi connectivity index (χ0n) is 21.8. The highest BCUT2D eigenvalue weighted by molar-refractivity contribution is 7.22. The highest BCUT2D eigenvalue weighted by atomic mass is 35.5. The van der Waals surface area contributed by atoms with E-state index in [1.54, 1.807) is 54.6 Å². The summed E-state index contributed by atoms with van der Waals surface area (Å²) in [6.07, 6.45) is 1.86. The van der Waals surface area contributed by atoms with Gasteiger partial charge in [-0.1, -0.05) is 66.1 Å². The van der Waals surface area contributed by atoms with Gasteiger partial charge in [-0.3, -0.25) is 14.5 Å². The van der Waals surface area contributed by atoms with E-state index in [-0.39, 0.29) is 16.4 Å². The molecular weight excluding hydrogens is 571 g/mol. The average Bonchev–Trinajstić information content (AvgIpc) is 3.48. The number of ether oxygens (including phenoxy) is 2. The van der Waals surface area contributed by atoms with E-state index in [0.29, 0.717) is 51.5 Å². The van der Waals surface area contributed by atoms with Crippen LogP contribution in [0.1, 0.15) is 43.9 Å². The number of amides is 1. The van der Waals surface area contributed by atoms with E-state index >= 15 is 0 Å². The topological polar surface area (TPSA) is 89.0 Å². The SMILES string of the molecule is CCCCOc1cccc(/C(O)=C2\C(=O)C(=O)N(c3nc4ccc(OCC)cc4s3)C2c2ccc(Cl)c(Cl)c2)c1. The lowest BCUT2D eigenvalue weighted by Crippen LogP contribution is -2.29. The Morgan fingerprint density at radius 3 is 2.55 bits per heavy atom. The molecule has 3 aromatic carbocycles. The van der Waals surface area contributed by atoms with Gasteiger partial charge < -0.3 is 14.6 Å². The second kappa shape index (κ2) is 11.9. The van der Waals surface area contributed by atoms with Crippen LogP contribution in [-0.4, -0.2) is 35.0 Å². The molecule has 40 heavy (non-hydrogen) atoms. The van der Waals surface area contributed by atoms with Crippen molar-refractivity contribution in [2.45, 2.75) is 32.7 Å². The van der Waals surface area contributed by atoms with Crippen molar-refractivity contribution in [2.24, 2.45) is 0 Å². The average molecular weight is 598 g/mol. The fourth-order valence-corrected chi connectivity index (χ4v) is 5.83. The summed E-state index contributed by atoms with van der Waals surface area (Å²) in [4.78, 5) is 33.1. The first-order chi connectivity index (χ1) is 19.3. The van der Waals surface area contributed by atoms with Gasteiger partial charge in [0.2, 0.25) is 0 Å². The van der Waals surface area contributed by atoms with Gasteiger partial charge in [-0.25, -0.2) is 4.98 Å². The van der Waals surface area contributed by atoms with Gasteiger partial charge in [0.05, 0.1) is 45.1 Å². The lowest BCUT2D eigenvalue weighted by atomic mass is 9.95. The number of aliphatic hydroxyl groups excluding tert-OH is 1. The number of fused-ring (bicyclic) bond motifs is 1. The second-order valence-electron chi connectivity index (χ2n) is 9.13. The first-order valence-corrected chi connectivity index (χ1v) is 14.4. The minimum Gasteiger partial charge on any atom is -0.507 e. The van der Waals surface area contributed by atoms with Gasteiger partial charge >= 0.3 is 5.91 Å². The Morgan fingerprint density at radius 2 is 1.80 bits per heavy atom. The van der Waals surface area contributed by atoms with E-state index < -0.39 is 17.7 Å². The molecule has 1 fully saturated rings. The van der Waals surface area contributed by atoms with Crippen LogP contribution in [0.15, 0.2) is 66.2 Å². The van der Waals surface area contributed by atoms with Crippen LogP contribution in [0.4, 0.5) is 5.13 Å². The number of benzene rings is 3. The Bertz CT molecular complexity index is 1630. The number of ketones is 1. The van der Waals surface area contributed by atoms with Crippen molar-refractivity contribution >= 4 is 67.3 Å². The Labute approximate surface area is 245 Å². The molecule has 0 radical (unpaired) electrons. The van der Waals surface area contributed by atoms with Crippen LogP contribution in [-0.2, 0) is 9.59 Å². The summed E-state index contributed by atoms with van der Waals surface area (Å²) in [5.41, 5.74) is 1.42. The minimum absolute atomic E-state index is 0.0802. The van der Waals surface area contributed by atoms with E-state index in [1.807, 2.05) is 13.0 Å². The summed E-state index contributed by atoms with van der Waals surface area (Å²) in [6.45, 7) is 4.99.